The standard InChI is InChI=1S/C34H64FN2O9PSi/c1-7-8-9-10-11-12-13-14-15-16-17-18-19-20-24-42-25-21-26-43-47(40,41)44-27-28-31(46-48(5,6)34(2,3)4)30(35)32(45-28)37-23-22-29(38)36-33(37)39/h22-23,28,30-32H,7-21,24-27H2,1-6H3,(H,40,41)(H,36,38,39)/t28-,30-,31-,32-/m1/s1. The number of unbranched alkanes of at least 4 members (excludes halogenated alkanes) is 13. The molecule has 0 radical (unpaired) electrons. The van der Waals surface area contributed by atoms with Crippen molar-refractivity contribution < 1.29 is 36.8 Å². The second-order valence-corrected chi connectivity index (χ2v) is 20.7. The molecule has 0 saturated carbocycles. The largest absolute Gasteiger partial charge is 0.472 e. The Balaban J connectivity index is 1.66. The maximum absolute atomic E-state index is 15.8. The molecule has 2 N–H and O–H groups in total. The average Bonchev–Trinajstić information content (AvgIpc) is 3.30. The van der Waals surface area contributed by atoms with Crippen LogP contribution in [0.4, 0.5) is 4.39 Å². The minimum atomic E-state index is -4.49. The van der Waals surface area contributed by atoms with Crippen molar-refractivity contribution >= 4 is 16.1 Å². The molecule has 1 fully saturated rings. The van der Waals surface area contributed by atoms with Crippen LogP contribution >= 0.6 is 7.82 Å². The lowest BCUT2D eigenvalue weighted by molar-refractivity contribution is -0.0485. The van der Waals surface area contributed by atoms with E-state index in [1.807, 2.05) is 33.9 Å². The summed E-state index contributed by atoms with van der Waals surface area (Å²) in [6, 6.07) is 1.09. The lowest BCUT2D eigenvalue weighted by Gasteiger charge is -2.39. The molecule has 0 amide bonds. The van der Waals surface area contributed by atoms with Crippen molar-refractivity contribution in [1.82, 2.24) is 9.55 Å². The average molecular weight is 723 g/mol. The Morgan fingerprint density at radius 2 is 1.44 bits per heavy atom. The molecule has 0 spiro atoms. The summed E-state index contributed by atoms with van der Waals surface area (Å²) in [6.45, 7) is 12.6. The molecule has 1 aliphatic rings. The van der Waals surface area contributed by atoms with E-state index in [9.17, 15) is 19.0 Å². The van der Waals surface area contributed by atoms with Crippen molar-refractivity contribution in [2.24, 2.45) is 0 Å². The molecule has 1 aromatic heterocycles. The van der Waals surface area contributed by atoms with E-state index in [4.69, 9.17) is 22.9 Å². The number of aromatic nitrogens is 2. The first-order valence-corrected chi connectivity index (χ1v) is 22.6. The summed E-state index contributed by atoms with van der Waals surface area (Å²) in [4.78, 5) is 36.3. The minimum absolute atomic E-state index is 0.0525. The van der Waals surface area contributed by atoms with Crippen molar-refractivity contribution in [3.8, 4) is 0 Å². The van der Waals surface area contributed by atoms with Crippen molar-refractivity contribution in [2.45, 2.75) is 167 Å². The van der Waals surface area contributed by atoms with E-state index in [0.717, 1.165) is 29.7 Å². The predicted octanol–water partition coefficient (Wildman–Crippen LogP) is 8.18. The molecule has 11 nitrogen and oxygen atoms in total. The zero-order valence-corrected chi connectivity index (χ0v) is 32.3. The van der Waals surface area contributed by atoms with Gasteiger partial charge in [-0.15, -0.1) is 0 Å². The molecule has 1 aromatic rings. The topological polar surface area (TPSA) is 138 Å². The van der Waals surface area contributed by atoms with Gasteiger partial charge in [-0.1, -0.05) is 111 Å². The molecular formula is C34H64FN2O9PSi. The van der Waals surface area contributed by atoms with Crippen LogP contribution in [0.1, 0.15) is 130 Å². The molecule has 0 aliphatic carbocycles. The van der Waals surface area contributed by atoms with Gasteiger partial charge in [-0.3, -0.25) is 23.4 Å². The zero-order valence-electron chi connectivity index (χ0n) is 30.4. The fourth-order valence-corrected chi connectivity index (χ4v) is 7.47. The van der Waals surface area contributed by atoms with Crippen molar-refractivity contribution in [3.05, 3.63) is 33.1 Å². The molecule has 1 aliphatic heterocycles. The Morgan fingerprint density at radius 1 is 0.896 bits per heavy atom. The third-order valence-electron chi connectivity index (χ3n) is 9.36. The summed E-state index contributed by atoms with van der Waals surface area (Å²) in [5.41, 5.74) is -1.47. The SMILES string of the molecule is CCCCCCCCCCCCCCCCOCCCOP(=O)(O)OC[C@H]1O[C@@H](n2ccc(=O)[nH]c2=O)[C@H](F)[C@@H]1O[Si](C)(C)C(C)(C)C. The van der Waals surface area contributed by atoms with Crippen LogP contribution in [0.2, 0.25) is 18.1 Å². The van der Waals surface area contributed by atoms with Crippen LogP contribution in [0.25, 0.3) is 0 Å². The molecule has 2 heterocycles. The molecule has 1 saturated heterocycles. The van der Waals surface area contributed by atoms with Crippen LogP contribution in [0.5, 0.6) is 0 Å². The van der Waals surface area contributed by atoms with Crippen molar-refractivity contribution in [1.29, 1.82) is 0 Å². The predicted molar refractivity (Wildman–Crippen MR) is 190 cm³/mol. The number of hydrogen-bond donors (Lipinski definition) is 2. The summed E-state index contributed by atoms with van der Waals surface area (Å²) in [5.74, 6) is 0. The summed E-state index contributed by atoms with van der Waals surface area (Å²) in [6.07, 6.45) is 14.2. The molecule has 280 valence electrons. The molecule has 0 aromatic carbocycles. The number of nitrogens with one attached hydrogen (secondary N) is 1. The number of rotatable bonds is 26. The summed E-state index contributed by atoms with van der Waals surface area (Å²) >= 11 is 0. The van der Waals surface area contributed by atoms with Gasteiger partial charge in [-0.2, -0.15) is 0 Å². The minimum Gasteiger partial charge on any atom is -0.408 e. The summed E-state index contributed by atoms with van der Waals surface area (Å²) in [7, 11) is -7.03. The van der Waals surface area contributed by atoms with Crippen LogP contribution in [0.3, 0.4) is 0 Å². The Hall–Kier alpha value is -1.18. The highest BCUT2D eigenvalue weighted by Gasteiger charge is 2.52. The number of nitrogens with zero attached hydrogens (tertiary/aromatic N) is 1. The van der Waals surface area contributed by atoms with Crippen molar-refractivity contribution in [3.63, 3.8) is 0 Å². The Kier molecular flexibility index (Phi) is 19.6. The summed E-state index contributed by atoms with van der Waals surface area (Å²) < 4.78 is 57.5. The number of alkyl halides is 1. The highest BCUT2D eigenvalue weighted by atomic mass is 31.2. The van der Waals surface area contributed by atoms with Crippen LogP contribution < -0.4 is 11.2 Å². The van der Waals surface area contributed by atoms with E-state index in [1.165, 1.54) is 77.0 Å². The van der Waals surface area contributed by atoms with Gasteiger partial charge in [-0.25, -0.2) is 13.8 Å². The molecule has 0 bridgehead atoms. The number of phosphoric acid groups is 1. The summed E-state index contributed by atoms with van der Waals surface area (Å²) in [5, 5.41) is -0.269. The Bertz CT molecular complexity index is 1190. The number of hydrogen-bond acceptors (Lipinski definition) is 8. The van der Waals surface area contributed by atoms with E-state index in [2.05, 4.69) is 11.9 Å². The number of ether oxygens (including phenoxy) is 2. The smallest absolute Gasteiger partial charge is 0.408 e. The first kappa shape index (κ1) is 43.0. The third kappa shape index (κ3) is 15.8. The number of phosphoric ester groups is 1. The first-order valence-electron chi connectivity index (χ1n) is 18.2. The molecule has 2 rings (SSSR count). The van der Waals surface area contributed by atoms with Crippen LogP contribution in [-0.4, -0.2) is 67.6 Å². The van der Waals surface area contributed by atoms with Gasteiger partial charge in [0, 0.05) is 25.5 Å². The van der Waals surface area contributed by atoms with E-state index < -0.39 is 58.6 Å². The Morgan fingerprint density at radius 3 is 1.98 bits per heavy atom. The Labute approximate surface area is 288 Å². The molecule has 14 heteroatoms. The highest BCUT2D eigenvalue weighted by Crippen LogP contribution is 2.46. The molecule has 48 heavy (non-hydrogen) atoms. The maximum atomic E-state index is 15.8. The quantitative estimate of drug-likeness (QED) is 0.0551. The fraction of sp³-hybridized carbons (Fsp3) is 0.882. The van der Waals surface area contributed by atoms with E-state index in [1.54, 1.807) is 0 Å². The second kappa shape index (κ2) is 21.9. The number of halogens is 1. The van der Waals surface area contributed by atoms with Crippen LogP contribution in [0, 0.1) is 0 Å². The third-order valence-corrected chi connectivity index (χ3v) is 14.8. The second-order valence-electron chi connectivity index (χ2n) is 14.5. The lowest BCUT2D eigenvalue weighted by atomic mass is 10.0. The van der Waals surface area contributed by atoms with Gasteiger partial charge in [0.2, 0.25) is 0 Å². The van der Waals surface area contributed by atoms with Gasteiger partial charge in [0.15, 0.2) is 20.7 Å². The van der Waals surface area contributed by atoms with Gasteiger partial charge >= 0.3 is 13.5 Å². The van der Waals surface area contributed by atoms with Gasteiger partial charge in [0.25, 0.3) is 5.56 Å². The van der Waals surface area contributed by atoms with E-state index in [0.29, 0.717) is 19.6 Å². The van der Waals surface area contributed by atoms with Crippen LogP contribution in [0.15, 0.2) is 21.9 Å². The van der Waals surface area contributed by atoms with Gasteiger partial charge < -0.3 is 18.8 Å². The molecular weight excluding hydrogens is 658 g/mol. The number of aromatic amines is 1. The zero-order chi connectivity index (χ0) is 35.6. The van der Waals surface area contributed by atoms with Gasteiger partial charge in [-0.05, 0) is 31.0 Å². The highest BCUT2D eigenvalue weighted by molar-refractivity contribution is 7.47. The normalized spacial score (nSPS) is 21.5. The monoisotopic (exact) mass is 722 g/mol. The van der Waals surface area contributed by atoms with Crippen LogP contribution in [-0.2, 0) is 27.5 Å². The van der Waals surface area contributed by atoms with E-state index >= 15 is 4.39 Å². The molecule has 5 atom stereocenters. The van der Waals surface area contributed by atoms with E-state index in [-0.39, 0.29) is 11.6 Å². The van der Waals surface area contributed by atoms with Gasteiger partial charge in [0.05, 0.1) is 13.2 Å². The first-order chi connectivity index (χ1) is 22.7. The molecule has 1 unspecified atom stereocenters. The van der Waals surface area contributed by atoms with Crippen molar-refractivity contribution in [2.75, 3.05) is 26.4 Å². The fourth-order valence-electron chi connectivity index (χ4n) is 5.38. The number of H-pyrrole nitrogens is 1. The maximum Gasteiger partial charge on any atom is 0.472 e. The lowest BCUT2D eigenvalue weighted by Crippen LogP contribution is -2.49. The van der Waals surface area contributed by atoms with Gasteiger partial charge in [0.1, 0.15) is 12.2 Å².